The van der Waals surface area contributed by atoms with Crippen LogP contribution in [0.15, 0.2) is 53.8 Å². The van der Waals surface area contributed by atoms with Gasteiger partial charge in [0, 0.05) is 56.4 Å². The topological polar surface area (TPSA) is 62.2 Å². The lowest BCUT2D eigenvalue weighted by Crippen LogP contribution is -2.50. The molecule has 29 heavy (non-hydrogen) atoms. The smallest absolute Gasteiger partial charge is 0.128 e. The molecule has 1 aliphatic heterocycles. The molecule has 0 aliphatic carbocycles. The highest BCUT2D eigenvalue weighted by atomic mass is 35.5. The molecule has 1 atom stereocenters. The fourth-order valence-electron chi connectivity index (χ4n) is 3.53. The lowest BCUT2D eigenvalue weighted by molar-refractivity contribution is 0.0804. The van der Waals surface area contributed by atoms with Gasteiger partial charge in [-0.25, -0.2) is 10.5 Å². The van der Waals surface area contributed by atoms with E-state index in [2.05, 4.69) is 31.5 Å². The Labute approximate surface area is 177 Å². The number of aromatic nitrogens is 1. The predicted molar refractivity (Wildman–Crippen MR) is 116 cm³/mol. The third-order valence-corrected chi connectivity index (χ3v) is 5.27. The number of hydrogen-bond donors (Lipinski definition) is 1. The summed E-state index contributed by atoms with van der Waals surface area (Å²) in [5.41, 5.74) is 4.85. The maximum atomic E-state index is 6.05. The van der Waals surface area contributed by atoms with Crippen molar-refractivity contribution in [1.29, 1.82) is 0 Å². The molecular formula is C21H28ClN5O2. The van der Waals surface area contributed by atoms with E-state index in [0.717, 1.165) is 49.8 Å². The van der Waals surface area contributed by atoms with E-state index in [0.29, 0.717) is 11.6 Å². The van der Waals surface area contributed by atoms with E-state index in [1.165, 1.54) is 0 Å². The van der Waals surface area contributed by atoms with Gasteiger partial charge in [0.15, 0.2) is 0 Å². The van der Waals surface area contributed by atoms with Gasteiger partial charge in [0.2, 0.25) is 0 Å². The molecule has 1 aromatic heterocycles. The number of hydroxylamine groups is 1. The quantitative estimate of drug-likeness (QED) is 0.500. The Morgan fingerprint density at radius 2 is 1.90 bits per heavy atom. The summed E-state index contributed by atoms with van der Waals surface area (Å²) in [6, 6.07) is 13.7. The Hall–Kier alpha value is -2.19. The van der Waals surface area contributed by atoms with Crippen LogP contribution >= 0.6 is 11.6 Å². The summed E-state index contributed by atoms with van der Waals surface area (Å²) in [5, 5.41) is 5.03. The number of benzene rings is 1. The SMILES string of the molecule is CO/N=C(\c1ccc(Cl)cc1)C(CNOC)CN1CCN(c2ccccn2)CC1. The molecule has 0 bridgehead atoms. The zero-order valence-corrected chi connectivity index (χ0v) is 17.7. The second-order valence-corrected chi connectivity index (χ2v) is 7.33. The van der Waals surface area contributed by atoms with Gasteiger partial charge in [0.05, 0.1) is 12.8 Å². The van der Waals surface area contributed by atoms with E-state index in [9.17, 15) is 0 Å². The van der Waals surface area contributed by atoms with Crippen molar-refractivity contribution in [1.82, 2.24) is 15.4 Å². The molecule has 156 valence electrons. The Bertz CT molecular complexity index is 764. The minimum Gasteiger partial charge on any atom is -0.399 e. The molecule has 1 N–H and O–H groups in total. The summed E-state index contributed by atoms with van der Waals surface area (Å²) in [6.07, 6.45) is 1.84. The number of oxime groups is 1. The summed E-state index contributed by atoms with van der Waals surface area (Å²) in [6.45, 7) is 5.28. The fourth-order valence-corrected chi connectivity index (χ4v) is 3.65. The first-order valence-electron chi connectivity index (χ1n) is 9.72. The van der Waals surface area contributed by atoms with Crippen LogP contribution in [0.1, 0.15) is 5.56 Å². The maximum Gasteiger partial charge on any atom is 0.128 e. The number of nitrogens with zero attached hydrogens (tertiary/aromatic N) is 4. The van der Waals surface area contributed by atoms with Gasteiger partial charge in [-0.1, -0.05) is 35.0 Å². The molecule has 1 aliphatic rings. The zero-order chi connectivity index (χ0) is 20.5. The normalized spacial score (nSPS) is 16.7. The van der Waals surface area contributed by atoms with E-state index in [1.807, 2.05) is 42.6 Å². The lowest BCUT2D eigenvalue weighted by Gasteiger charge is -2.37. The summed E-state index contributed by atoms with van der Waals surface area (Å²) in [4.78, 5) is 19.5. The van der Waals surface area contributed by atoms with Gasteiger partial charge in [-0.15, -0.1) is 0 Å². The van der Waals surface area contributed by atoms with Crippen LogP contribution in [0.4, 0.5) is 5.82 Å². The minimum absolute atomic E-state index is 0.0949. The molecule has 2 aromatic rings. The number of halogens is 1. The van der Waals surface area contributed by atoms with Gasteiger partial charge >= 0.3 is 0 Å². The van der Waals surface area contributed by atoms with Crippen LogP contribution in [0.3, 0.4) is 0 Å². The van der Waals surface area contributed by atoms with Gasteiger partial charge in [-0.3, -0.25) is 4.90 Å². The molecule has 1 aromatic carbocycles. The average Bonchev–Trinajstić information content (AvgIpc) is 2.77. The van der Waals surface area contributed by atoms with Crippen molar-refractivity contribution in [3.8, 4) is 0 Å². The highest BCUT2D eigenvalue weighted by molar-refractivity contribution is 6.30. The molecule has 1 fully saturated rings. The molecule has 3 rings (SSSR count). The third-order valence-electron chi connectivity index (χ3n) is 5.01. The second kappa shape index (κ2) is 11.1. The van der Waals surface area contributed by atoms with E-state index in [-0.39, 0.29) is 5.92 Å². The summed E-state index contributed by atoms with van der Waals surface area (Å²) in [5.74, 6) is 1.13. The van der Waals surface area contributed by atoms with Crippen molar-refractivity contribution in [2.45, 2.75) is 0 Å². The van der Waals surface area contributed by atoms with Crippen molar-refractivity contribution in [3.63, 3.8) is 0 Å². The minimum atomic E-state index is 0.0949. The molecule has 2 heterocycles. The second-order valence-electron chi connectivity index (χ2n) is 6.89. The number of rotatable bonds is 9. The number of hydrogen-bond acceptors (Lipinski definition) is 7. The molecule has 0 amide bonds. The number of anilines is 1. The van der Waals surface area contributed by atoms with Crippen molar-refractivity contribution in [2.75, 3.05) is 58.4 Å². The van der Waals surface area contributed by atoms with Crippen molar-refractivity contribution < 1.29 is 9.68 Å². The third kappa shape index (κ3) is 6.14. The summed E-state index contributed by atoms with van der Waals surface area (Å²) < 4.78 is 0. The first-order valence-corrected chi connectivity index (χ1v) is 10.1. The molecule has 0 radical (unpaired) electrons. The van der Waals surface area contributed by atoms with E-state index < -0.39 is 0 Å². The fraction of sp³-hybridized carbons (Fsp3) is 0.429. The first-order chi connectivity index (χ1) is 14.2. The van der Waals surface area contributed by atoms with Crippen molar-refractivity contribution in [3.05, 3.63) is 59.2 Å². The van der Waals surface area contributed by atoms with Crippen molar-refractivity contribution >= 4 is 23.1 Å². The van der Waals surface area contributed by atoms with Gasteiger partial charge in [-0.2, -0.15) is 0 Å². The Morgan fingerprint density at radius 1 is 1.14 bits per heavy atom. The van der Waals surface area contributed by atoms with Crippen LogP contribution in [-0.4, -0.2) is 69.1 Å². The first kappa shape index (κ1) is 21.5. The van der Waals surface area contributed by atoms with Crippen LogP contribution in [0.25, 0.3) is 0 Å². The molecule has 7 nitrogen and oxygen atoms in total. The van der Waals surface area contributed by atoms with Crippen LogP contribution in [0, 0.1) is 5.92 Å². The van der Waals surface area contributed by atoms with Crippen LogP contribution in [-0.2, 0) is 9.68 Å². The Morgan fingerprint density at radius 3 is 2.52 bits per heavy atom. The van der Waals surface area contributed by atoms with Crippen molar-refractivity contribution in [2.24, 2.45) is 11.1 Å². The van der Waals surface area contributed by atoms with Gasteiger partial charge < -0.3 is 14.6 Å². The highest BCUT2D eigenvalue weighted by Crippen LogP contribution is 2.18. The highest BCUT2D eigenvalue weighted by Gasteiger charge is 2.25. The molecule has 1 saturated heterocycles. The Kier molecular flexibility index (Phi) is 8.25. The number of nitrogens with one attached hydrogen (secondary N) is 1. The van der Waals surface area contributed by atoms with Gasteiger partial charge in [0.25, 0.3) is 0 Å². The maximum absolute atomic E-state index is 6.05. The number of piperazine rings is 1. The predicted octanol–water partition coefficient (Wildman–Crippen LogP) is 2.67. The zero-order valence-electron chi connectivity index (χ0n) is 16.9. The molecule has 0 spiro atoms. The molecule has 8 heteroatoms. The van der Waals surface area contributed by atoms with Crippen LogP contribution < -0.4 is 10.4 Å². The Balaban J connectivity index is 1.68. The molecule has 1 unspecified atom stereocenters. The summed E-state index contributed by atoms with van der Waals surface area (Å²) in [7, 11) is 3.19. The monoisotopic (exact) mass is 417 g/mol. The van der Waals surface area contributed by atoms with Gasteiger partial charge in [0.1, 0.15) is 12.9 Å². The summed E-state index contributed by atoms with van der Waals surface area (Å²) >= 11 is 6.05. The standard InChI is InChI=1S/C21H28ClN5O2/c1-28-24-15-18(21(25-29-2)17-6-8-19(22)9-7-17)16-26-11-13-27(14-12-26)20-5-3-4-10-23-20/h3-10,18,24H,11-16H2,1-2H3/b25-21+. The molecule has 0 saturated carbocycles. The molecular weight excluding hydrogens is 390 g/mol. The number of pyridine rings is 1. The van der Waals surface area contributed by atoms with Crippen LogP contribution in [0.2, 0.25) is 5.02 Å². The van der Waals surface area contributed by atoms with Gasteiger partial charge in [-0.05, 0) is 29.8 Å². The average molecular weight is 418 g/mol. The van der Waals surface area contributed by atoms with E-state index in [4.69, 9.17) is 21.3 Å². The van der Waals surface area contributed by atoms with E-state index in [1.54, 1.807) is 14.2 Å². The van der Waals surface area contributed by atoms with E-state index >= 15 is 0 Å². The van der Waals surface area contributed by atoms with Crippen LogP contribution in [0.5, 0.6) is 0 Å². The largest absolute Gasteiger partial charge is 0.399 e. The lowest BCUT2D eigenvalue weighted by atomic mass is 9.95.